The minimum absolute atomic E-state index is 0.0281. The summed E-state index contributed by atoms with van der Waals surface area (Å²) in [4.78, 5) is 42.5. The normalized spacial score (nSPS) is 17.9. The standard InChI is InChI=1S/C19H23N3O.C15H14N4O.C15H19N3O.C11H10F3N3O.C11H13N3O/c1-11-21-15-3-2-4-16(17(15)18(20)22-11)23-19-8-12-5-13(9-19)7-14(6-12)10-19;1-9-18-12-3-2-4-13(14(12)15(17)19-9)20-11-7-5-10(16)6-8-11;1-10-17-12-8-5-9-13(14(12)15(16)18-10)19-11-6-3-2-4-7-11;1-6-16-7-3-2-4-8(9(7)10(15)17-6)18-5-11(12,13)14;1-3-15-9-6-4-5-8-10(9)11(12)14-7(2)13-8/h2-4,12-14H,5-10H2,1H3,(H2,20,21,22);2-8H,16H2,1H3,(H2,17,18,19);5,8-9,11H,2-4,6-7H2,1H3,(H2,16,17,18);2-4H,5H2,1H3,(H2,15,16,17);4-6H,3H2,1-2H3,(H2,12,13,14). The van der Waals surface area contributed by atoms with Crippen LogP contribution in [0.1, 0.15) is 107 Å². The zero-order chi connectivity index (χ0) is 67.1. The third-order valence-corrected chi connectivity index (χ3v) is 17.1. The first kappa shape index (κ1) is 66.1. The summed E-state index contributed by atoms with van der Waals surface area (Å²) in [5.41, 5.74) is 39.9. The Morgan fingerprint density at radius 1 is 0.421 bits per heavy atom. The van der Waals surface area contributed by atoms with Crippen molar-refractivity contribution in [2.24, 2.45) is 17.8 Å². The first-order valence-electron chi connectivity index (χ1n) is 31.9. The van der Waals surface area contributed by atoms with Gasteiger partial charge in [-0.15, -0.1) is 0 Å². The molecule has 4 bridgehead atoms. The van der Waals surface area contributed by atoms with Gasteiger partial charge in [0, 0.05) is 5.69 Å². The quantitative estimate of drug-likeness (QED) is 0.0693. The van der Waals surface area contributed by atoms with Crippen molar-refractivity contribution in [1.29, 1.82) is 0 Å². The molecule has 95 heavy (non-hydrogen) atoms. The van der Waals surface area contributed by atoms with Crippen molar-refractivity contribution in [1.82, 2.24) is 49.8 Å². The van der Waals surface area contributed by atoms with E-state index in [1.165, 1.54) is 63.9 Å². The van der Waals surface area contributed by atoms with Crippen LogP contribution in [0.5, 0.6) is 34.5 Å². The zero-order valence-corrected chi connectivity index (χ0v) is 54.1. The van der Waals surface area contributed by atoms with Gasteiger partial charge in [0.2, 0.25) is 0 Å². The van der Waals surface area contributed by atoms with Gasteiger partial charge in [-0.3, -0.25) is 0 Å². The number of ether oxygens (including phenoxy) is 5. The van der Waals surface area contributed by atoms with Crippen molar-refractivity contribution < 1.29 is 36.9 Å². The molecule has 5 aliphatic rings. The summed E-state index contributed by atoms with van der Waals surface area (Å²) < 4.78 is 65.2. The fraction of sp³-hybridized carbons (Fsp3) is 0.352. The Labute approximate surface area is 548 Å². The van der Waals surface area contributed by atoms with Gasteiger partial charge in [0.05, 0.1) is 67.2 Å². The molecule has 0 amide bonds. The smallest absolute Gasteiger partial charge is 0.422 e. The van der Waals surface area contributed by atoms with Crippen LogP contribution < -0.4 is 58.1 Å². The van der Waals surface area contributed by atoms with E-state index >= 15 is 0 Å². The monoisotopic (exact) mass is 1290 g/mol. The van der Waals surface area contributed by atoms with Crippen molar-refractivity contribution in [3.05, 3.63) is 144 Å². The molecule has 5 saturated carbocycles. The van der Waals surface area contributed by atoms with Crippen LogP contribution in [0.3, 0.4) is 0 Å². The number of rotatable bonds is 10. The van der Waals surface area contributed by atoms with E-state index in [2.05, 4.69) is 49.8 Å². The van der Waals surface area contributed by atoms with Crippen LogP contribution in [0.4, 0.5) is 47.9 Å². The molecule has 0 aliphatic heterocycles. The van der Waals surface area contributed by atoms with Crippen LogP contribution in [0.25, 0.3) is 54.5 Å². The Hall–Kier alpha value is -10.4. The van der Waals surface area contributed by atoms with Gasteiger partial charge < -0.3 is 58.1 Å². The summed E-state index contributed by atoms with van der Waals surface area (Å²) in [7, 11) is 0. The van der Waals surface area contributed by atoms with E-state index in [0.717, 1.165) is 91.5 Å². The second-order valence-corrected chi connectivity index (χ2v) is 24.6. The van der Waals surface area contributed by atoms with E-state index in [0.29, 0.717) is 93.2 Å². The number of halogens is 3. The fourth-order valence-corrected chi connectivity index (χ4v) is 13.7. The summed E-state index contributed by atoms with van der Waals surface area (Å²) >= 11 is 0. The van der Waals surface area contributed by atoms with E-state index < -0.39 is 12.8 Å². The van der Waals surface area contributed by atoms with Gasteiger partial charge in [-0.25, -0.2) is 49.8 Å². The van der Waals surface area contributed by atoms with Gasteiger partial charge in [-0.2, -0.15) is 13.2 Å². The first-order chi connectivity index (χ1) is 45.6. The Balaban J connectivity index is 0.000000122. The number of nitrogen functional groups attached to an aromatic ring is 6. The highest BCUT2D eigenvalue weighted by molar-refractivity contribution is 5.97. The van der Waals surface area contributed by atoms with Crippen LogP contribution in [-0.4, -0.2) is 80.9 Å². The summed E-state index contributed by atoms with van der Waals surface area (Å²) in [6, 6.07) is 35.0. The second-order valence-electron chi connectivity index (χ2n) is 24.6. The van der Waals surface area contributed by atoms with Crippen molar-refractivity contribution in [3.8, 4) is 34.5 Å². The van der Waals surface area contributed by atoms with Crippen molar-refractivity contribution in [2.75, 3.05) is 47.6 Å². The van der Waals surface area contributed by atoms with Crippen LogP contribution >= 0.6 is 0 Å². The molecule has 21 nitrogen and oxygen atoms in total. The molecule has 0 atom stereocenters. The lowest BCUT2D eigenvalue weighted by Crippen LogP contribution is -2.53. The average Bonchev–Trinajstić information content (AvgIpc) is 0.744. The number of alkyl halides is 3. The van der Waals surface area contributed by atoms with Gasteiger partial charge in [-0.1, -0.05) is 36.8 Å². The van der Waals surface area contributed by atoms with Crippen LogP contribution in [0.15, 0.2) is 115 Å². The van der Waals surface area contributed by atoms with Crippen molar-refractivity contribution >= 4 is 89.3 Å². The Morgan fingerprint density at radius 2 is 0.768 bits per heavy atom. The molecule has 24 heteroatoms. The number of aryl methyl sites for hydroxylation is 5. The van der Waals surface area contributed by atoms with E-state index in [1.807, 2.05) is 107 Å². The Morgan fingerprint density at radius 3 is 1.17 bits per heavy atom. The van der Waals surface area contributed by atoms with Crippen LogP contribution in [-0.2, 0) is 0 Å². The third-order valence-electron chi connectivity index (χ3n) is 17.1. The highest BCUT2D eigenvalue weighted by Crippen LogP contribution is 2.57. The lowest BCUT2D eigenvalue weighted by atomic mass is 9.54. The number of nitrogens with zero attached hydrogens (tertiary/aromatic N) is 10. The molecule has 5 aromatic heterocycles. The minimum Gasteiger partial charge on any atom is -0.493 e. The van der Waals surface area contributed by atoms with Crippen molar-refractivity contribution in [2.45, 2.75) is 130 Å². The molecule has 5 fully saturated rings. The molecule has 0 radical (unpaired) electrons. The number of fused-ring (bicyclic) bond motifs is 5. The lowest BCUT2D eigenvalue weighted by Gasteiger charge is -2.56. The third kappa shape index (κ3) is 16.0. The first-order valence-corrected chi connectivity index (χ1v) is 31.9. The molecule has 0 saturated heterocycles. The average molecular weight is 1290 g/mol. The van der Waals surface area contributed by atoms with E-state index in [9.17, 15) is 13.2 Å². The fourth-order valence-electron chi connectivity index (χ4n) is 13.7. The van der Waals surface area contributed by atoms with Gasteiger partial charge >= 0.3 is 6.18 Å². The van der Waals surface area contributed by atoms with Gasteiger partial charge in [-0.05, 0) is 208 Å². The highest BCUT2D eigenvalue weighted by Gasteiger charge is 2.52. The summed E-state index contributed by atoms with van der Waals surface area (Å²) in [6.45, 7) is 10.2. The van der Waals surface area contributed by atoms with Crippen LogP contribution in [0.2, 0.25) is 0 Å². The molecule has 5 heterocycles. The minimum atomic E-state index is -4.40. The zero-order valence-electron chi connectivity index (χ0n) is 54.1. The molecule has 0 unspecified atom stereocenters. The number of benzene rings is 6. The molecule has 6 aromatic carbocycles. The summed E-state index contributed by atoms with van der Waals surface area (Å²) in [6.07, 6.45) is 9.87. The number of hydrogen-bond acceptors (Lipinski definition) is 21. The maximum atomic E-state index is 12.1. The maximum Gasteiger partial charge on any atom is 0.422 e. The largest absolute Gasteiger partial charge is 0.493 e. The van der Waals surface area contributed by atoms with Gasteiger partial charge in [0.1, 0.15) is 98.3 Å². The molecule has 12 N–H and O–H groups in total. The lowest BCUT2D eigenvalue weighted by molar-refractivity contribution is -0.153. The molecule has 0 spiro atoms. The topological polar surface area (TPSA) is 331 Å². The Bertz CT molecular complexity index is 4520. The molecular formula is C71H79F3N16O5. The molecule has 11 aromatic rings. The van der Waals surface area contributed by atoms with Gasteiger partial charge in [0.15, 0.2) is 6.61 Å². The molecule has 494 valence electrons. The predicted molar refractivity (Wildman–Crippen MR) is 366 cm³/mol. The van der Waals surface area contributed by atoms with E-state index in [-0.39, 0.29) is 17.2 Å². The summed E-state index contributed by atoms with van der Waals surface area (Å²) in [5, 5.41) is 3.54. The summed E-state index contributed by atoms with van der Waals surface area (Å²) in [5.74, 6) is 11.6. The number of hydrogen-bond donors (Lipinski definition) is 6. The van der Waals surface area contributed by atoms with Crippen molar-refractivity contribution in [3.63, 3.8) is 0 Å². The van der Waals surface area contributed by atoms with E-state index in [4.69, 9.17) is 58.1 Å². The number of nitrogens with two attached hydrogens (primary N) is 6. The second kappa shape index (κ2) is 28.5. The maximum absolute atomic E-state index is 12.1. The highest BCUT2D eigenvalue weighted by atomic mass is 19.4. The molecule has 16 rings (SSSR count). The SMILES string of the molecule is CCOc1cccc2nc(C)nc(N)c12.Cc1nc(N)c2c(OC34CC5CC(CC(C5)C3)C4)cccc2n1.Cc1nc(N)c2c(OC3CCCCC3)cccc2n1.Cc1nc(N)c2c(OCC(F)(F)F)cccc2n1.Cc1nc(N)c2c(Oc3ccc(N)cc3)cccc2n1. The number of anilines is 6. The Kier molecular flexibility index (Phi) is 19.8. The van der Waals surface area contributed by atoms with Crippen LogP contribution in [0, 0.1) is 52.4 Å². The molecular weight excluding hydrogens is 1210 g/mol. The van der Waals surface area contributed by atoms with E-state index in [1.54, 1.807) is 43.3 Å². The predicted octanol–water partition coefficient (Wildman–Crippen LogP) is 14.4. The molecule has 5 aliphatic carbocycles. The number of aromatic nitrogens is 10. The van der Waals surface area contributed by atoms with Gasteiger partial charge in [0.25, 0.3) is 0 Å².